The molecule has 1 aliphatic rings. The maximum Gasteiger partial charge on any atom is 0.269 e. The lowest BCUT2D eigenvalue weighted by Crippen LogP contribution is -2.19. The van der Waals surface area contributed by atoms with E-state index in [-0.39, 0.29) is 18.0 Å². The number of hydrogen-bond acceptors (Lipinski definition) is 6. The highest BCUT2D eigenvalue weighted by molar-refractivity contribution is 6.16. The molecule has 0 aliphatic carbocycles. The second kappa shape index (κ2) is 6.37. The van der Waals surface area contributed by atoms with Gasteiger partial charge in [0.25, 0.3) is 11.6 Å². The molecule has 0 unspecified atom stereocenters. The van der Waals surface area contributed by atoms with Crippen LogP contribution in [0.2, 0.25) is 0 Å². The Balaban J connectivity index is 1.75. The number of nitrogens with zero attached hydrogens (tertiary/aromatic N) is 3. The third-order valence-electron chi connectivity index (χ3n) is 3.46. The van der Waals surface area contributed by atoms with Gasteiger partial charge in [0, 0.05) is 17.8 Å². The number of methoxy groups -OCH3 is 1. The highest BCUT2D eigenvalue weighted by Gasteiger charge is 2.25. The van der Waals surface area contributed by atoms with Crippen LogP contribution in [0.4, 0.5) is 17.1 Å². The molecule has 24 heavy (non-hydrogen) atoms. The molecule has 1 aliphatic heterocycles. The summed E-state index contributed by atoms with van der Waals surface area (Å²) in [5, 5.41) is 19.2. The van der Waals surface area contributed by atoms with E-state index >= 15 is 0 Å². The quantitative estimate of drug-likeness (QED) is 0.688. The van der Waals surface area contributed by atoms with Gasteiger partial charge in [-0.3, -0.25) is 14.9 Å². The van der Waals surface area contributed by atoms with E-state index in [9.17, 15) is 14.9 Å². The van der Waals surface area contributed by atoms with Gasteiger partial charge in [-0.1, -0.05) is 0 Å². The molecule has 0 fully saturated rings. The van der Waals surface area contributed by atoms with Crippen molar-refractivity contribution < 1.29 is 14.5 Å². The summed E-state index contributed by atoms with van der Waals surface area (Å²) in [6, 6.07) is 12.9. The topological polar surface area (TPSA) is 97.1 Å². The zero-order chi connectivity index (χ0) is 17.1. The van der Waals surface area contributed by atoms with Crippen LogP contribution in [0.5, 0.6) is 5.75 Å². The fourth-order valence-electron chi connectivity index (χ4n) is 2.26. The number of rotatable bonds is 4. The number of non-ortho nitro benzene ring substituents is 1. The minimum Gasteiger partial charge on any atom is -0.497 e. The fourth-order valence-corrected chi connectivity index (χ4v) is 2.26. The van der Waals surface area contributed by atoms with Crippen LogP contribution < -0.4 is 15.1 Å². The molecule has 1 N–H and O–H groups in total. The molecule has 0 atom stereocenters. The Hall–Kier alpha value is -3.42. The van der Waals surface area contributed by atoms with E-state index in [0.717, 1.165) is 11.4 Å². The van der Waals surface area contributed by atoms with Crippen molar-refractivity contribution in [2.24, 2.45) is 5.10 Å². The average Bonchev–Trinajstić information content (AvgIpc) is 2.96. The number of carbonyl (C=O) groups excluding carboxylic acids is 1. The van der Waals surface area contributed by atoms with E-state index in [1.54, 1.807) is 19.2 Å². The van der Waals surface area contributed by atoms with Gasteiger partial charge in [-0.15, -0.1) is 0 Å². The van der Waals surface area contributed by atoms with Crippen molar-refractivity contribution >= 4 is 28.8 Å². The first-order valence-electron chi connectivity index (χ1n) is 7.13. The van der Waals surface area contributed by atoms with Gasteiger partial charge >= 0.3 is 0 Å². The Labute approximate surface area is 137 Å². The standard InChI is InChI=1S/C16H14N4O4/c1-24-14-8-2-11(3-9-14)17-15-10-16(21)19(18-15)12-4-6-13(7-5-12)20(22)23/h2-9H,10H2,1H3,(H,17,18). The van der Waals surface area contributed by atoms with Crippen LogP contribution in [-0.2, 0) is 4.79 Å². The summed E-state index contributed by atoms with van der Waals surface area (Å²) in [6.45, 7) is 0. The molecule has 2 aromatic carbocycles. The van der Waals surface area contributed by atoms with Crippen molar-refractivity contribution in [2.75, 3.05) is 17.4 Å². The molecule has 0 saturated heterocycles. The molecule has 1 amide bonds. The molecule has 0 radical (unpaired) electrons. The van der Waals surface area contributed by atoms with Gasteiger partial charge in [0.15, 0.2) is 0 Å². The van der Waals surface area contributed by atoms with Gasteiger partial charge in [0.1, 0.15) is 11.6 Å². The first kappa shape index (κ1) is 15.5. The zero-order valence-corrected chi connectivity index (χ0v) is 12.8. The Kier molecular flexibility index (Phi) is 4.11. The number of nitro groups is 1. The van der Waals surface area contributed by atoms with E-state index in [4.69, 9.17) is 4.74 Å². The normalized spacial score (nSPS) is 13.6. The van der Waals surface area contributed by atoms with Crippen molar-refractivity contribution in [3.8, 4) is 5.75 Å². The number of hydrazone groups is 1. The number of hydrogen-bond donors (Lipinski definition) is 1. The van der Waals surface area contributed by atoms with Crippen LogP contribution in [0.1, 0.15) is 6.42 Å². The molecule has 8 heteroatoms. The molecule has 1 heterocycles. The highest BCUT2D eigenvalue weighted by atomic mass is 16.6. The van der Waals surface area contributed by atoms with Crippen molar-refractivity contribution in [3.05, 3.63) is 58.6 Å². The summed E-state index contributed by atoms with van der Waals surface area (Å²) in [5.41, 5.74) is 1.23. The molecule has 0 spiro atoms. The molecule has 0 saturated carbocycles. The van der Waals surface area contributed by atoms with Crippen LogP contribution in [0, 0.1) is 10.1 Å². The second-order valence-corrected chi connectivity index (χ2v) is 5.06. The number of anilines is 2. The van der Waals surface area contributed by atoms with Crippen LogP contribution >= 0.6 is 0 Å². The molecule has 8 nitrogen and oxygen atoms in total. The van der Waals surface area contributed by atoms with Gasteiger partial charge < -0.3 is 10.1 Å². The Morgan fingerprint density at radius 1 is 1.17 bits per heavy atom. The molecule has 122 valence electrons. The number of nitro benzene ring substituents is 1. The molecular formula is C16H14N4O4. The smallest absolute Gasteiger partial charge is 0.269 e. The van der Waals surface area contributed by atoms with Crippen molar-refractivity contribution in [3.63, 3.8) is 0 Å². The lowest BCUT2D eigenvalue weighted by Gasteiger charge is -2.10. The fraction of sp³-hybridized carbons (Fsp3) is 0.125. The SMILES string of the molecule is COc1ccc(NC2=NN(c3ccc([N+](=O)[O-])cc3)C(=O)C2)cc1. The summed E-state index contributed by atoms with van der Waals surface area (Å²) in [6.07, 6.45) is 0.128. The maximum atomic E-state index is 12.1. The Bertz CT molecular complexity index is 800. The number of amides is 1. The van der Waals surface area contributed by atoms with Crippen LogP contribution in [0.15, 0.2) is 53.6 Å². The zero-order valence-electron chi connectivity index (χ0n) is 12.8. The van der Waals surface area contributed by atoms with E-state index in [1.165, 1.54) is 29.3 Å². The van der Waals surface area contributed by atoms with Gasteiger partial charge in [0.05, 0.1) is 24.1 Å². The Morgan fingerprint density at radius 2 is 1.83 bits per heavy atom. The first-order chi connectivity index (χ1) is 11.6. The van der Waals surface area contributed by atoms with E-state index in [0.29, 0.717) is 11.5 Å². The lowest BCUT2D eigenvalue weighted by molar-refractivity contribution is -0.384. The third kappa shape index (κ3) is 3.17. The summed E-state index contributed by atoms with van der Waals surface area (Å²) >= 11 is 0. The largest absolute Gasteiger partial charge is 0.497 e. The third-order valence-corrected chi connectivity index (χ3v) is 3.46. The maximum absolute atomic E-state index is 12.1. The van der Waals surface area contributed by atoms with E-state index < -0.39 is 4.92 Å². The number of benzene rings is 2. The molecule has 3 rings (SSSR count). The minimum absolute atomic E-state index is 0.0362. The summed E-state index contributed by atoms with van der Waals surface area (Å²) in [5.74, 6) is 1.03. The monoisotopic (exact) mass is 326 g/mol. The molecule has 2 aromatic rings. The minimum atomic E-state index is -0.491. The predicted molar refractivity (Wildman–Crippen MR) is 89.3 cm³/mol. The lowest BCUT2D eigenvalue weighted by atomic mass is 10.2. The summed E-state index contributed by atoms with van der Waals surface area (Å²) in [4.78, 5) is 22.3. The number of nitrogens with one attached hydrogen (secondary N) is 1. The van der Waals surface area contributed by atoms with E-state index in [2.05, 4.69) is 10.4 Å². The average molecular weight is 326 g/mol. The van der Waals surface area contributed by atoms with E-state index in [1.807, 2.05) is 12.1 Å². The second-order valence-electron chi connectivity index (χ2n) is 5.06. The van der Waals surface area contributed by atoms with Crippen LogP contribution in [-0.4, -0.2) is 23.8 Å². The van der Waals surface area contributed by atoms with Crippen molar-refractivity contribution in [1.82, 2.24) is 0 Å². The summed E-state index contributed by atoms with van der Waals surface area (Å²) in [7, 11) is 1.59. The number of carbonyl (C=O) groups is 1. The number of amidine groups is 1. The van der Waals surface area contributed by atoms with Gasteiger partial charge in [-0.05, 0) is 36.4 Å². The molecule has 0 bridgehead atoms. The van der Waals surface area contributed by atoms with Crippen molar-refractivity contribution in [2.45, 2.75) is 6.42 Å². The van der Waals surface area contributed by atoms with Crippen LogP contribution in [0.25, 0.3) is 0 Å². The first-order valence-corrected chi connectivity index (χ1v) is 7.13. The Morgan fingerprint density at radius 3 is 2.42 bits per heavy atom. The molecular weight excluding hydrogens is 312 g/mol. The van der Waals surface area contributed by atoms with Gasteiger partial charge in [-0.2, -0.15) is 10.1 Å². The van der Waals surface area contributed by atoms with Gasteiger partial charge in [0.2, 0.25) is 0 Å². The van der Waals surface area contributed by atoms with Gasteiger partial charge in [-0.25, -0.2) is 0 Å². The van der Waals surface area contributed by atoms with Crippen LogP contribution in [0.3, 0.4) is 0 Å². The predicted octanol–water partition coefficient (Wildman–Crippen LogP) is 2.77. The van der Waals surface area contributed by atoms with Crippen molar-refractivity contribution in [1.29, 1.82) is 0 Å². The number of ether oxygens (including phenoxy) is 1. The molecule has 0 aromatic heterocycles. The highest BCUT2D eigenvalue weighted by Crippen LogP contribution is 2.24. The summed E-state index contributed by atoms with van der Waals surface area (Å²) < 4.78 is 5.09.